The second-order valence-corrected chi connectivity index (χ2v) is 6.24. The van der Waals surface area contributed by atoms with Gasteiger partial charge in [-0.15, -0.1) is 0 Å². The summed E-state index contributed by atoms with van der Waals surface area (Å²) < 4.78 is 40.3. The smallest absolute Gasteiger partial charge is 0.240 e. The van der Waals surface area contributed by atoms with Gasteiger partial charge in [0.2, 0.25) is 10.0 Å². The Labute approximate surface area is 128 Å². The highest BCUT2D eigenvalue weighted by Crippen LogP contribution is 2.12. The molecule has 0 radical (unpaired) electrons. The molecule has 0 aliphatic rings. The molecule has 0 aliphatic carbocycles. The number of anilines is 1. The number of hydrogen-bond acceptors (Lipinski definition) is 5. The highest BCUT2D eigenvalue weighted by atomic mass is 32.2. The fourth-order valence-electron chi connectivity index (χ4n) is 1.83. The predicted molar refractivity (Wildman–Crippen MR) is 81.5 cm³/mol. The minimum absolute atomic E-state index is 0.0748. The Morgan fingerprint density at radius 3 is 2.55 bits per heavy atom. The molecule has 0 bridgehead atoms. The van der Waals surface area contributed by atoms with E-state index in [1.807, 2.05) is 0 Å². The maximum atomic E-state index is 13.9. The first-order chi connectivity index (χ1) is 10.5. The van der Waals surface area contributed by atoms with Crippen LogP contribution in [0.2, 0.25) is 0 Å². The molecule has 0 amide bonds. The Morgan fingerprint density at radius 1 is 1.14 bits per heavy atom. The molecule has 22 heavy (non-hydrogen) atoms. The normalized spacial score (nSPS) is 11.4. The van der Waals surface area contributed by atoms with Crippen molar-refractivity contribution in [3.8, 4) is 0 Å². The van der Waals surface area contributed by atoms with Gasteiger partial charge in [0.25, 0.3) is 0 Å². The van der Waals surface area contributed by atoms with Crippen molar-refractivity contribution >= 4 is 15.8 Å². The first-order valence-corrected chi connectivity index (χ1v) is 8.31. The van der Waals surface area contributed by atoms with Crippen LogP contribution in [0, 0.1) is 5.82 Å². The van der Waals surface area contributed by atoms with E-state index < -0.39 is 15.8 Å². The van der Waals surface area contributed by atoms with Crippen molar-refractivity contribution in [1.29, 1.82) is 0 Å². The second kappa shape index (κ2) is 7.28. The van der Waals surface area contributed by atoms with E-state index in [9.17, 15) is 12.8 Å². The van der Waals surface area contributed by atoms with Crippen LogP contribution in [0.5, 0.6) is 0 Å². The first kappa shape index (κ1) is 16.3. The van der Waals surface area contributed by atoms with E-state index in [1.165, 1.54) is 18.5 Å². The molecule has 2 rings (SSSR count). The highest BCUT2D eigenvalue weighted by molar-refractivity contribution is 7.89. The maximum Gasteiger partial charge on any atom is 0.240 e. The van der Waals surface area contributed by atoms with E-state index in [2.05, 4.69) is 20.0 Å². The highest BCUT2D eigenvalue weighted by Gasteiger charge is 2.13. The predicted octanol–water partition coefficient (Wildman–Crippen LogP) is 1.57. The second-order valence-electron chi connectivity index (χ2n) is 4.47. The number of rotatable bonds is 7. The average molecular weight is 324 g/mol. The van der Waals surface area contributed by atoms with Crippen LogP contribution in [0.1, 0.15) is 12.6 Å². The van der Waals surface area contributed by atoms with Gasteiger partial charge in [0.1, 0.15) is 6.33 Å². The van der Waals surface area contributed by atoms with E-state index in [1.54, 1.807) is 25.1 Å². The molecule has 2 N–H and O–H groups in total. The molecule has 0 saturated heterocycles. The molecule has 0 saturated carbocycles. The lowest BCUT2D eigenvalue weighted by Gasteiger charge is -2.09. The van der Waals surface area contributed by atoms with Crippen molar-refractivity contribution in [2.24, 2.45) is 0 Å². The zero-order valence-corrected chi connectivity index (χ0v) is 12.9. The van der Waals surface area contributed by atoms with Crippen LogP contribution in [0.25, 0.3) is 0 Å². The quantitative estimate of drug-likeness (QED) is 0.755. The molecule has 6 nitrogen and oxygen atoms in total. The minimum Gasteiger partial charge on any atom is -0.366 e. The maximum absolute atomic E-state index is 13.9. The van der Waals surface area contributed by atoms with Crippen molar-refractivity contribution in [2.45, 2.75) is 18.2 Å². The SMILES string of the molecule is CCc1ncnc(NCCNS(=O)(=O)c2ccccc2)c1F. The van der Waals surface area contributed by atoms with Crippen molar-refractivity contribution in [1.82, 2.24) is 14.7 Å². The lowest BCUT2D eigenvalue weighted by Crippen LogP contribution is -2.29. The zero-order chi connectivity index (χ0) is 16.0. The van der Waals surface area contributed by atoms with Gasteiger partial charge >= 0.3 is 0 Å². The number of aromatic nitrogens is 2. The van der Waals surface area contributed by atoms with Crippen LogP contribution in [0.4, 0.5) is 10.2 Å². The Kier molecular flexibility index (Phi) is 5.40. The van der Waals surface area contributed by atoms with E-state index in [0.717, 1.165) is 0 Å². The summed E-state index contributed by atoms with van der Waals surface area (Å²) in [5.41, 5.74) is 0.322. The number of benzene rings is 1. The van der Waals surface area contributed by atoms with Gasteiger partial charge in [-0.25, -0.2) is 27.5 Å². The average Bonchev–Trinajstić information content (AvgIpc) is 2.54. The fourth-order valence-corrected chi connectivity index (χ4v) is 2.88. The van der Waals surface area contributed by atoms with Gasteiger partial charge in [-0.1, -0.05) is 25.1 Å². The Bertz CT molecular complexity index is 723. The van der Waals surface area contributed by atoms with Gasteiger partial charge in [-0.05, 0) is 18.6 Å². The topological polar surface area (TPSA) is 84.0 Å². The van der Waals surface area contributed by atoms with E-state index in [4.69, 9.17) is 0 Å². The molecule has 2 aromatic rings. The lowest BCUT2D eigenvalue weighted by molar-refractivity contribution is 0.582. The van der Waals surface area contributed by atoms with Crippen LogP contribution in [0.3, 0.4) is 0 Å². The van der Waals surface area contributed by atoms with Gasteiger partial charge in [0.15, 0.2) is 11.6 Å². The van der Waals surface area contributed by atoms with Crippen LogP contribution in [0.15, 0.2) is 41.6 Å². The van der Waals surface area contributed by atoms with Gasteiger partial charge in [-0.3, -0.25) is 0 Å². The summed E-state index contributed by atoms with van der Waals surface area (Å²) in [5, 5.41) is 2.76. The summed E-state index contributed by atoms with van der Waals surface area (Å²) in [7, 11) is -3.55. The third kappa shape index (κ3) is 3.99. The molecule has 0 atom stereocenters. The molecule has 0 unspecified atom stereocenters. The third-order valence-corrected chi connectivity index (χ3v) is 4.44. The van der Waals surface area contributed by atoms with Crippen LogP contribution in [-0.2, 0) is 16.4 Å². The van der Waals surface area contributed by atoms with Crippen LogP contribution >= 0.6 is 0 Å². The van der Waals surface area contributed by atoms with Gasteiger partial charge in [0.05, 0.1) is 10.6 Å². The van der Waals surface area contributed by atoms with Crippen molar-refractivity contribution in [3.63, 3.8) is 0 Å². The monoisotopic (exact) mass is 324 g/mol. The Hall–Kier alpha value is -2.06. The Morgan fingerprint density at radius 2 is 1.86 bits per heavy atom. The summed E-state index contributed by atoms with van der Waals surface area (Å²) in [6, 6.07) is 8.05. The molecule has 1 heterocycles. The van der Waals surface area contributed by atoms with Crippen molar-refractivity contribution in [3.05, 3.63) is 48.2 Å². The lowest BCUT2D eigenvalue weighted by atomic mass is 10.3. The van der Waals surface area contributed by atoms with E-state index >= 15 is 0 Å². The third-order valence-electron chi connectivity index (χ3n) is 2.96. The molecule has 0 aliphatic heterocycles. The molecule has 118 valence electrons. The van der Waals surface area contributed by atoms with Gasteiger partial charge < -0.3 is 5.32 Å². The molecule has 8 heteroatoms. The van der Waals surface area contributed by atoms with E-state index in [-0.39, 0.29) is 23.8 Å². The molecule has 0 spiro atoms. The molecular weight excluding hydrogens is 307 g/mol. The molecular formula is C14H17FN4O2S. The summed E-state index contributed by atoms with van der Waals surface area (Å²) in [4.78, 5) is 7.82. The van der Waals surface area contributed by atoms with Crippen molar-refractivity contribution in [2.75, 3.05) is 18.4 Å². The summed E-state index contributed by atoms with van der Waals surface area (Å²) in [6.45, 7) is 2.12. The zero-order valence-electron chi connectivity index (χ0n) is 12.1. The van der Waals surface area contributed by atoms with E-state index in [0.29, 0.717) is 12.1 Å². The minimum atomic E-state index is -3.55. The number of hydrogen-bond donors (Lipinski definition) is 2. The Balaban J connectivity index is 1.90. The largest absolute Gasteiger partial charge is 0.366 e. The van der Waals surface area contributed by atoms with Crippen molar-refractivity contribution < 1.29 is 12.8 Å². The van der Waals surface area contributed by atoms with Crippen LogP contribution in [-0.4, -0.2) is 31.5 Å². The summed E-state index contributed by atoms with van der Waals surface area (Å²) >= 11 is 0. The first-order valence-electron chi connectivity index (χ1n) is 6.82. The molecule has 1 aromatic heterocycles. The number of halogens is 1. The number of aryl methyl sites for hydroxylation is 1. The fraction of sp³-hybridized carbons (Fsp3) is 0.286. The standard InChI is InChI=1S/C14H17FN4O2S/c1-2-12-13(15)14(18-10-17-12)16-8-9-19-22(20,21)11-6-4-3-5-7-11/h3-7,10,19H,2,8-9H2,1H3,(H,16,17,18). The molecule has 0 fully saturated rings. The number of nitrogens with one attached hydrogen (secondary N) is 2. The van der Waals surface area contributed by atoms with Gasteiger partial charge in [0, 0.05) is 13.1 Å². The number of sulfonamides is 1. The summed E-state index contributed by atoms with van der Waals surface area (Å²) in [5.74, 6) is -0.429. The summed E-state index contributed by atoms with van der Waals surface area (Å²) in [6.07, 6.45) is 1.74. The molecule has 1 aromatic carbocycles. The van der Waals surface area contributed by atoms with Gasteiger partial charge in [-0.2, -0.15) is 0 Å². The van der Waals surface area contributed by atoms with Crippen LogP contribution < -0.4 is 10.0 Å². The number of nitrogens with zero attached hydrogens (tertiary/aromatic N) is 2.